The third-order valence-electron chi connectivity index (χ3n) is 4.70. The number of ether oxygens (including phenoxy) is 1. The van der Waals surface area contributed by atoms with Gasteiger partial charge in [-0.3, -0.25) is 14.9 Å². The number of benzene rings is 2. The molecule has 4 aromatic rings. The van der Waals surface area contributed by atoms with Crippen molar-refractivity contribution in [3.8, 4) is 17.0 Å². The second-order valence-corrected chi connectivity index (χ2v) is 7.05. The van der Waals surface area contributed by atoms with Crippen molar-refractivity contribution >= 4 is 17.5 Å². The summed E-state index contributed by atoms with van der Waals surface area (Å²) in [5.41, 5.74) is 3.53. The average molecular weight is 419 g/mol. The SMILES string of the molecule is COc1ccccc1-c1cc(C(=O)NC(c2ccc(Cl)cc2)c2cccnc2)[nH]n1. The number of amides is 1. The van der Waals surface area contributed by atoms with E-state index in [9.17, 15) is 4.79 Å². The van der Waals surface area contributed by atoms with E-state index in [1.807, 2.05) is 48.5 Å². The zero-order chi connectivity index (χ0) is 20.9. The highest BCUT2D eigenvalue weighted by molar-refractivity contribution is 6.30. The first-order valence-electron chi connectivity index (χ1n) is 9.31. The maximum absolute atomic E-state index is 13.0. The number of pyridine rings is 1. The predicted molar refractivity (Wildman–Crippen MR) is 116 cm³/mol. The maximum atomic E-state index is 13.0. The number of rotatable bonds is 6. The van der Waals surface area contributed by atoms with E-state index in [0.717, 1.165) is 16.7 Å². The Bertz CT molecular complexity index is 1140. The summed E-state index contributed by atoms with van der Waals surface area (Å²) in [6.45, 7) is 0. The first kappa shape index (κ1) is 19.7. The Hall–Kier alpha value is -3.64. The van der Waals surface area contributed by atoms with Gasteiger partial charge >= 0.3 is 0 Å². The molecule has 0 aliphatic heterocycles. The van der Waals surface area contributed by atoms with E-state index < -0.39 is 0 Å². The van der Waals surface area contributed by atoms with E-state index in [1.165, 1.54) is 0 Å². The summed E-state index contributed by atoms with van der Waals surface area (Å²) >= 11 is 6.03. The molecule has 1 atom stereocenters. The molecule has 0 saturated heterocycles. The molecule has 1 unspecified atom stereocenters. The van der Waals surface area contributed by atoms with Crippen LogP contribution < -0.4 is 10.1 Å². The molecule has 0 fully saturated rings. The molecule has 2 aromatic carbocycles. The minimum Gasteiger partial charge on any atom is -0.496 e. The molecule has 30 heavy (non-hydrogen) atoms. The topological polar surface area (TPSA) is 79.9 Å². The van der Waals surface area contributed by atoms with Gasteiger partial charge in [0.1, 0.15) is 11.4 Å². The average Bonchev–Trinajstić information content (AvgIpc) is 3.29. The number of hydrogen-bond donors (Lipinski definition) is 2. The number of methoxy groups -OCH3 is 1. The number of H-pyrrole nitrogens is 1. The fourth-order valence-corrected chi connectivity index (χ4v) is 3.33. The lowest BCUT2D eigenvalue weighted by atomic mass is 10.00. The summed E-state index contributed by atoms with van der Waals surface area (Å²) in [5, 5.41) is 10.8. The van der Waals surface area contributed by atoms with Crippen LogP contribution in [0.4, 0.5) is 0 Å². The third-order valence-corrected chi connectivity index (χ3v) is 4.95. The van der Waals surface area contributed by atoms with Crippen LogP contribution in [0.1, 0.15) is 27.7 Å². The molecule has 7 heteroatoms. The number of carbonyl (C=O) groups is 1. The largest absolute Gasteiger partial charge is 0.496 e. The van der Waals surface area contributed by atoms with E-state index in [2.05, 4.69) is 20.5 Å². The molecule has 0 aliphatic rings. The Kier molecular flexibility index (Phi) is 5.77. The number of halogens is 1. The molecule has 150 valence electrons. The van der Waals surface area contributed by atoms with Gasteiger partial charge in [-0.05, 0) is 47.5 Å². The summed E-state index contributed by atoms with van der Waals surface area (Å²) in [4.78, 5) is 17.2. The fraction of sp³-hybridized carbons (Fsp3) is 0.0870. The van der Waals surface area contributed by atoms with E-state index in [-0.39, 0.29) is 11.9 Å². The molecule has 2 N–H and O–H groups in total. The van der Waals surface area contributed by atoms with Crippen molar-refractivity contribution in [1.29, 1.82) is 0 Å². The van der Waals surface area contributed by atoms with Gasteiger partial charge in [-0.1, -0.05) is 41.9 Å². The minimum atomic E-state index is -0.388. The van der Waals surface area contributed by atoms with Gasteiger partial charge in [-0.2, -0.15) is 5.10 Å². The number of nitrogens with zero attached hydrogens (tertiary/aromatic N) is 2. The normalized spacial score (nSPS) is 11.7. The molecule has 6 nitrogen and oxygen atoms in total. The first-order chi connectivity index (χ1) is 14.7. The first-order valence-corrected chi connectivity index (χ1v) is 9.68. The van der Waals surface area contributed by atoms with Crippen LogP contribution in [0.5, 0.6) is 5.75 Å². The van der Waals surface area contributed by atoms with Crippen LogP contribution in [0.25, 0.3) is 11.3 Å². The molecular formula is C23H19ClN4O2. The second kappa shape index (κ2) is 8.80. The van der Waals surface area contributed by atoms with Gasteiger partial charge in [0.25, 0.3) is 5.91 Å². The van der Waals surface area contributed by atoms with Crippen molar-refractivity contribution in [1.82, 2.24) is 20.5 Å². The highest BCUT2D eigenvalue weighted by Crippen LogP contribution is 2.29. The molecule has 2 heterocycles. The Balaban J connectivity index is 1.62. The summed E-state index contributed by atoms with van der Waals surface area (Å²) in [7, 11) is 1.60. The van der Waals surface area contributed by atoms with E-state index in [4.69, 9.17) is 16.3 Å². The third kappa shape index (κ3) is 4.18. The van der Waals surface area contributed by atoms with Crippen molar-refractivity contribution in [3.63, 3.8) is 0 Å². The van der Waals surface area contributed by atoms with Gasteiger partial charge in [-0.15, -0.1) is 0 Å². The lowest BCUT2D eigenvalue weighted by Gasteiger charge is -2.19. The summed E-state index contributed by atoms with van der Waals surface area (Å²) < 4.78 is 5.39. The number of carbonyl (C=O) groups excluding carboxylic acids is 1. The number of nitrogens with one attached hydrogen (secondary N) is 2. The summed E-state index contributed by atoms with van der Waals surface area (Å²) in [5.74, 6) is 0.401. The number of para-hydroxylation sites is 1. The molecule has 0 aliphatic carbocycles. The van der Waals surface area contributed by atoms with E-state index >= 15 is 0 Å². The monoisotopic (exact) mass is 418 g/mol. The van der Waals surface area contributed by atoms with E-state index in [0.29, 0.717) is 22.2 Å². The van der Waals surface area contributed by atoms with Gasteiger partial charge in [0.15, 0.2) is 0 Å². The number of aromatic nitrogens is 3. The maximum Gasteiger partial charge on any atom is 0.270 e. The number of hydrogen-bond acceptors (Lipinski definition) is 4. The zero-order valence-corrected chi connectivity index (χ0v) is 16.9. The summed E-state index contributed by atoms with van der Waals surface area (Å²) in [6, 6.07) is 19.9. The van der Waals surface area contributed by atoms with Gasteiger partial charge in [0.2, 0.25) is 0 Å². The molecule has 0 radical (unpaired) electrons. The fourth-order valence-electron chi connectivity index (χ4n) is 3.20. The minimum absolute atomic E-state index is 0.285. The van der Waals surface area contributed by atoms with Gasteiger partial charge in [0.05, 0.1) is 18.8 Å². The zero-order valence-electron chi connectivity index (χ0n) is 16.2. The molecule has 4 rings (SSSR count). The highest BCUT2D eigenvalue weighted by atomic mass is 35.5. The quantitative estimate of drug-likeness (QED) is 0.477. The van der Waals surface area contributed by atoms with Crippen LogP contribution in [0.2, 0.25) is 5.02 Å². The summed E-state index contributed by atoms with van der Waals surface area (Å²) in [6.07, 6.45) is 3.42. The van der Waals surface area contributed by atoms with Crippen molar-refractivity contribution in [3.05, 3.63) is 101 Å². The Morgan fingerprint density at radius 3 is 2.60 bits per heavy atom. The van der Waals surface area contributed by atoms with Crippen LogP contribution >= 0.6 is 11.6 Å². The van der Waals surface area contributed by atoms with Crippen LogP contribution in [0.15, 0.2) is 79.1 Å². The molecule has 2 aromatic heterocycles. The Morgan fingerprint density at radius 2 is 1.87 bits per heavy atom. The van der Waals surface area contributed by atoms with Crippen LogP contribution in [-0.4, -0.2) is 28.2 Å². The molecular weight excluding hydrogens is 400 g/mol. The van der Waals surface area contributed by atoms with Crippen LogP contribution in [-0.2, 0) is 0 Å². The van der Waals surface area contributed by atoms with Crippen molar-refractivity contribution in [2.75, 3.05) is 7.11 Å². The predicted octanol–water partition coefficient (Wildman–Crippen LogP) is 4.65. The van der Waals surface area contributed by atoms with Gasteiger partial charge < -0.3 is 10.1 Å². The lowest BCUT2D eigenvalue weighted by Crippen LogP contribution is -2.29. The lowest BCUT2D eigenvalue weighted by molar-refractivity contribution is 0.0938. The van der Waals surface area contributed by atoms with Crippen LogP contribution in [0, 0.1) is 0 Å². The molecule has 0 bridgehead atoms. The Labute approximate surface area is 178 Å². The van der Waals surface area contributed by atoms with E-state index in [1.54, 1.807) is 37.7 Å². The van der Waals surface area contributed by atoms with Crippen molar-refractivity contribution < 1.29 is 9.53 Å². The molecule has 0 spiro atoms. The van der Waals surface area contributed by atoms with Gasteiger partial charge in [0, 0.05) is 23.0 Å². The Morgan fingerprint density at radius 1 is 1.07 bits per heavy atom. The molecule has 0 saturated carbocycles. The number of aromatic amines is 1. The molecule has 1 amide bonds. The van der Waals surface area contributed by atoms with Crippen LogP contribution in [0.3, 0.4) is 0 Å². The highest BCUT2D eigenvalue weighted by Gasteiger charge is 2.20. The van der Waals surface area contributed by atoms with Crippen molar-refractivity contribution in [2.45, 2.75) is 6.04 Å². The second-order valence-electron chi connectivity index (χ2n) is 6.61. The standard InChI is InChI=1S/C23H19ClN4O2/c1-30-21-7-3-2-6-18(21)19-13-20(28-27-19)23(29)26-22(16-5-4-12-25-14-16)15-8-10-17(24)11-9-15/h2-14,22H,1H3,(H,26,29)(H,27,28). The van der Waals surface area contributed by atoms with Gasteiger partial charge in [-0.25, -0.2) is 0 Å². The van der Waals surface area contributed by atoms with Crippen molar-refractivity contribution in [2.24, 2.45) is 0 Å². The smallest absolute Gasteiger partial charge is 0.270 e.